The maximum absolute atomic E-state index is 13.1. The highest BCUT2D eigenvalue weighted by Crippen LogP contribution is 2.19. The lowest BCUT2D eigenvalue weighted by Gasteiger charge is -2.24. The number of aliphatic carboxylic acids is 1. The number of carboxylic acid groups (broad SMARTS) is 1. The van der Waals surface area contributed by atoms with E-state index in [2.05, 4.69) is 20.9 Å². The zero-order valence-electron chi connectivity index (χ0n) is 20.7. The van der Waals surface area contributed by atoms with E-state index in [1.54, 1.807) is 18.3 Å². The number of phenolic OH excluding ortho intramolecular Hbond substituents is 1. The molecule has 12 nitrogen and oxygen atoms in total. The van der Waals surface area contributed by atoms with Crippen LogP contribution in [0.4, 0.5) is 0 Å². The first-order valence-electron chi connectivity index (χ1n) is 11.9. The summed E-state index contributed by atoms with van der Waals surface area (Å²) in [5.41, 5.74) is 8.48. The number of nitrogens with one attached hydrogen (secondary N) is 4. The smallest absolute Gasteiger partial charge is 0.325 e. The second-order valence-electron chi connectivity index (χ2n) is 8.91. The molecule has 2 aromatic carbocycles. The van der Waals surface area contributed by atoms with E-state index >= 15 is 0 Å². The van der Waals surface area contributed by atoms with Gasteiger partial charge in [0.1, 0.15) is 23.9 Å². The highest BCUT2D eigenvalue weighted by molar-refractivity contribution is 5.94. The molecule has 12 heteroatoms. The van der Waals surface area contributed by atoms with E-state index in [9.17, 15) is 29.4 Å². The number of nitrogens with two attached hydrogens (primary N) is 1. The molecule has 9 N–H and O–H groups in total. The number of phenols is 1. The minimum atomic E-state index is -1.46. The number of carbonyl (C=O) groups is 4. The van der Waals surface area contributed by atoms with Gasteiger partial charge in [0.2, 0.25) is 17.7 Å². The highest BCUT2D eigenvalue weighted by Gasteiger charge is 2.29. The Morgan fingerprint density at radius 3 is 2.18 bits per heavy atom. The molecular formula is C26H31N5O7. The molecule has 0 bridgehead atoms. The molecule has 4 unspecified atom stereocenters. The first-order valence-corrected chi connectivity index (χ1v) is 11.9. The van der Waals surface area contributed by atoms with Crippen molar-refractivity contribution in [1.29, 1.82) is 0 Å². The SMILES string of the molecule is CC(NC(=O)C(CO)NC(=O)C(Cc1ccc(O)cc1)NC(=O)C(N)Cc1c[nH]c2ccccc12)C(=O)O. The van der Waals surface area contributed by atoms with Crippen molar-refractivity contribution in [2.24, 2.45) is 5.73 Å². The monoisotopic (exact) mass is 525 g/mol. The predicted octanol–water partition coefficient (Wildman–Crippen LogP) is -0.463. The van der Waals surface area contributed by atoms with Crippen molar-refractivity contribution in [2.75, 3.05) is 6.61 Å². The van der Waals surface area contributed by atoms with Gasteiger partial charge in [0.15, 0.2) is 0 Å². The summed E-state index contributed by atoms with van der Waals surface area (Å²) in [6, 6.07) is 8.63. The van der Waals surface area contributed by atoms with Crippen LogP contribution in [0, 0.1) is 0 Å². The number of benzene rings is 2. The van der Waals surface area contributed by atoms with Gasteiger partial charge in [-0.05, 0) is 42.7 Å². The first-order chi connectivity index (χ1) is 18.1. The molecule has 38 heavy (non-hydrogen) atoms. The Hall–Kier alpha value is -4.42. The lowest BCUT2D eigenvalue weighted by Crippen LogP contribution is -2.58. The van der Waals surface area contributed by atoms with E-state index in [0.29, 0.717) is 5.56 Å². The van der Waals surface area contributed by atoms with Gasteiger partial charge >= 0.3 is 5.97 Å². The lowest BCUT2D eigenvalue weighted by atomic mass is 10.0. The van der Waals surface area contributed by atoms with Crippen LogP contribution in [0.3, 0.4) is 0 Å². The van der Waals surface area contributed by atoms with Crippen molar-refractivity contribution in [3.05, 3.63) is 65.9 Å². The normalized spacial score (nSPS) is 14.2. The Kier molecular flexibility index (Phi) is 9.41. The maximum atomic E-state index is 13.1. The number of amides is 3. The van der Waals surface area contributed by atoms with Crippen LogP contribution < -0.4 is 21.7 Å². The molecule has 1 aromatic heterocycles. The Balaban J connectivity index is 1.74. The number of carboxylic acids is 1. The number of hydrogen-bond acceptors (Lipinski definition) is 7. The van der Waals surface area contributed by atoms with E-state index < -0.39 is 54.5 Å². The van der Waals surface area contributed by atoms with Crippen molar-refractivity contribution >= 4 is 34.6 Å². The molecule has 1 heterocycles. The van der Waals surface area contributed by atoms with Crippen molar-refractivity contribution in [3.8, 4) is 5.75 Å². The molecule has 0 saturated heterocycles. The molecule has 0 fully saturated rings. The second kappa shape index (κ2) is 12.7. The molecule has 0 spiro atoms. The Morgan fingerprint density at radius 1 is 0.895 bits per heavy atom. The largest absolute Gasteiger partial charge is 0.508 e. The molecule has 3 aromatic rings. The Bertz CT molecular complexity index is 1290. The lowest BCUT2D eigenvalue weighted by molar-refractivity contribution is -0.142. The van der Waals surface area contributed by atoms with Gasteiger partial charge in [0.25, 0.3) is 0 Å². The van der Waals surface area contributed by atoms with Crippen LogP contribution >= 0.6 is 0 Å². The summed E-state index contributed by atoms with van der Waals surface area (Å²) in [6.07, 6.45) is 1.95. The molecule has 3 rings (SSSR count). The molecule has 0 radical (unpaired) electrons. The molecule has 202 valence electrons. The van der Waals surface area contributed by atoms with Gasteiger partial charge in [-0.25, -0.2) is 0 Å². The number of carbonyl (C=O) groups excluding carboxylic acids is 3. The summed E-state index contributed by atoms with van der Waals surface area (Å²) in [5.74, 6) is -3.57. The Labute approximate surface area is 218 Å². The fourth-order valence-corrected chi connectivity index (χ4v) is 3.83. The number of H-pyrrole nitrogens is 1. The fourth-order valence-electron chi connectivity index (χ4n) is 3.83. The van der Waals surface area contributed by atoms with Crippen LogP contribution in [-0.2, 0) is 32.0 Å². The summed E-state index contributed by atoms with van der Waals surface area (Å²) in [5, 5.41) is 36.3. The third-order valence-corrected chi connectivity index (χ3v) is 6.01. The highest BCUT2D eigenvalue weighted by atomic mass is 16.4. The molecule has 0 aliphatic heterocycles. The summed E-state index contributed by atoms with van der Waals surface area (Å²) in [6.45, 7) is 0.434. The number of aliphatic hydroxyl groups is 1. The van der Waals surface area contributed by atoms with E-state index in [1.165, 1.54) is 19.1 Å². The summed E-state index contributed by atoms with van der Waals surface area (Å²) in [7, 11) is 0. The zero-order chi connectivity index (χ0) is 27.8. The molecular weight excluding hydrogens is 494 g/mol. The van der Waals surface area contributed by atoms with E-state index in [1.807, 2.05) is 24.3 Å². The van der Waals surface area contributed by atoms with Gasteiger partial charge in [0.05, 0.1) is 12.6 Å². The topological polar surface area (TPSA) is 207 Å². The minimum absolute atomic E-state index is 0.0110. The number of aromatic amines is 1. The van der Waals surface area contributed by atoms with Gasteiger partial charge in [-0.2, -0.15) is 0 Å². The van der Waals surface area contributed by atoms with Crippen molar-refractivity contribution in [2.45, 2.75) is 43.9 Å². The van der Waals surface area contributed by atoms with Crippen molar-refractivity contribution < 1.29 is 34.5 Å². The molecule has 0 saturated carbocycles. The van der Waals surface area contributed by atoms with Gasteiger partial charge < -0.3 is 42.0 Å². The van der Waals surface area contributed by atoms with Gasteiger partial charge in [-0.3, -0.25) is 19.2 Å². The van der Waals surface area contributed by atoms with E-state index in [4.69, 9.17) is 10.8 Å². The molecule has 4 atom stereocenters. The third kappa shape index (κ3) is 7.31. The summed E-state index contributed by atoms with van der Waals surface area (Å²) >= 11 is 0. The van der Waals surface area contributed by atoms with Crippen LogP contribution in [0.15, 0.2) is 54.7 Å². The van der Waals surface area contributed by atoms with Gasteiger partial charge in [-0.15, -0.1) is 0 Å². The van der Waals surface area contributed by atoms with E-state index in [0.717, 1.165) is 16.5 Å². The van der Waals surface area contributed by atoms with E-state index in [-0.39, 0.29) is 18.6 Å². The zero-order valence-corrected chi connectivity index (χ0v) is 20.7. The van der Waals surface area contributed by atoms with Gasteiger partial charge in [-0.1, -0.05) is 30.3 Å². The number of aliphatic hydroxyl groups excluding tert-OH is 1. The average molecular weight is 526 g/mol. The van der Waals surface area contributed by atoms with Crippen LogP contribution in [0.5, 0.6) is 5.75 Å². The van der Waals surface area contributed by atoms with Crippen LogP contribution in [-0.4, -0.2) is 74.8 Å². The number of aromatic nitrogens is 1. The summed E-state index contributed by atoms with van der Waals surface area (Å²) < 4.78 is 0. The standard InChI is InChI=1S/C26H31N5O7/c1-14(26(37)38)29-25(36)22(13-32)31-24(35)21(10-15-6-8-17(33)9-7-15)30-23(34)19(27)11-16-12-28-20-5-3-2-4-18(16)20/h2-9,12,14,19,21-22,28,32-33H,10-11,13,27H2,1H3,(H,29,36)(H,30,34)(H,31,35)(H,37,38). The molecule has 3 amide bonds. The fraction of sp³-hybridized carbons (Fsp3) is 0.308. The average Bonchev–Trinajstić information content (AvgIpc) is 3.30. The number of aromatic hydroxyl groups is 1. The summed E-state index contributed by atoms with van der Waals surface area (Å²) in [4.78, 5) is 52.7. The van der Waals surface area contributed by atoms with Crippen LogP contribution in [0.1, 0.15) is 18.1 Å². The molecule has 0 aliphatic carbocycles. The van der Waals surface area contributed by atoms with Crippen molar-refractivity contribution in [3.63, 3.8) is 0 Å². The van der Waals surface area contributed by atoms with Crippen molar-refractivity contribution in [1.82, 2.24) is 20.9 Å². The minimum Gasteiger partial charge on any atom is -0.508 e. The molecule has 0 aliphatic rings. The third-order valence-electron chi connectivity index (χ3n) is 6.01. The maximum Gasteiger partial charge on any atom is 0.325 e. The Morgan fingerprint density at radius 2 is 1.53 bits per heavy atom. The number of para-hydroxylation sites is 1. The number of fused-ring (bicyclic) bond motifs is 1. The van der Waals surface area contributed by atoms with Crippen LogP contribution in [0.25, 0.3) is 10.9 Å². The van der Waals surface area contributed by atoms with Gasteiger partial charge in [0, 0.05) is 23.5 Å². The van der Waals surface area contributed by atoms with Crippen LogP contribution in [0.2, 0.25) is 0 Å². The number of rotatable bonds is 12. The number of hydrogen-bond donors (Lipinski definition) is 8. The quantitative estimate of drug-likeness (QED) is 0.155. The first kappa shape index (κ1) is 28.2. The predicted molar refractivity (Wildman–Crippen MR) is 138 cm³/mol. The second-order valence-corrected chi connectivity index (χ2v) is 8.91.